The van der Waals surface area contributed by atoms with Gasteiger partial charge in [0.15, 0.2) is 8.32 Å². The predicted molar refractivity (Wildman–Crippen MR) is 106 cm³/mol. The van der Waals surface area contributed by atoms with E-state index in [1.54, 1.807) is 0 Å². The van der Waals surface area contributed by atoms with E-state index in [4.69, 9.17) is 16.0 Å². The molecule has 0 amide bonds. The fraction of sp³-hybridized carbons (Fsp3) is 0.765. The van der Waals surface area contributed by atoms with Crippen molar-refractivity contribution in [3.8, 4) is 0 Å². The summed E-state index contributed by atoms with van der Waals surface area (Å²) in [6.45, 7) is 12.1. The van der Waals surface area contributed by atoms with Crippen LogP contribution in [0.1, 0.15) is 46.5 Å². The van der Waals surface area contributed by atoms with Gasteiger partial charge in [-0.15, -0.1) is 0 Å². The fourth-order valence-electron chi connectivity index (χ4n) is 2.80. The van der Waals surface area contributed by atoms with Crippen molar-refractivity contribution in [1.82, 2.24) is 9.97 Å². The van der Waals surface area contributed by atoms with Crippen LogP contribution in [0.15, 0.2) is 6.20 Å². The Morgan fingerprint density at radius 3 is 2.50 bits per heavy atom. The number of hydrogen-bond donors (Lipinski definition) is 1. The van der Waals surface area contributed by atoms with E-state index >= 15 is 0 Å². The molecule has 146 valence electrons. The van der Waals surface area contributed by atoms with Crippen LogP contribution in [0.2, 0.25) is 23.4 Å². The molecule has 1 aromatic heterocycles. The van der Waals surface area contributed by atoms with Gasteiger partial charge in [0, 0.05) is 12.6 Å². The van der Waals surface area contributed by atoms with Gasteiger partial charge in [0.1, 0.15) is 6.20 Å². The highest BCUT2D eigenvalue weighted by atomic mass is 35.5. The normalized spacial score (nSPS) is 21.5. The Hall–Kier alpha value is -1.25. The first kappa shape index (κ1) is 21.1. The number of nitro groups is 1. The highest BCUT2D eigenvalue weighted by molar-refractivity contribution is 6.74. The fourth-order valence-corrected chi connectivity index (χ4v) is 4.02. The minimum absolute atomic E-state index is 0.00885. The van der Waals surface area contributed by atoms with E-state index in [1.807, 2.05) is 0 Å². The summed E-state index contributed by atoms with van der Waals surface area (Å²) in [5.74, 6) is 0.752. The van der Waals surface area contributed by atoms with Crippen LogP contribution in [0.4, 0.5) is 11.5 Å². The second-order valence-electron chi connectivity index (χ2n) is 8.56. The van der Waals surface area contributed by atoms with E-state index in [9.17, 15) is 10.1 Å². The van der Waals surface area contributed by atoms with E-state index in [1.165, 1.54) is 0 Å². The van der Waals surface area contributed by atoms with Crippen LogP contribution >= 0.6 is 11.6 Å². The van der Waals surface area contributed by atoms with Crippen molar-refractivity contribution in [2.75, 3.05) is 11.9 Å². The Balaban J connectivity index is 1.88. The van der Waals surface area contributed by atoms with Crippen LogP contribution in [0.25, 0.3) is 0 Å². The van der Waals surface area contributed by atoms with Gasteiger partial charge in [-0.25, -0.2) is 4.98 Å². The van der Waals surface area contributed by atoms with Crippen molar-refractivity contribution in [2.45, 2.75) is 70.6 Å². The quantitative estimate of drug-likeness (QED) is 0.311. The number of rotatable bonds is 6. The molecule has 0 saturated heterocycles. The molecule has 1 heterocycles. The summed E-state index contributed by atoms with van der Waals surface area (Å²) in [6.07, 6.45) is 5.10. The Morgan fingerprint density at radius 2 is 1.96 bits per heavy atom. The topological polar surface area (TPSA) is 90.2 Å². The molecule has 0 aliphatic heterocycles. The Kier molecular flexibility index (Phi) is 6.63. The van der Waals surface area contributed by atoms with Gasteiger partial charge in [-0.3, -0.25) is 10.1 Å². The lowest BCUT2D eigenvalue weighted by Gasteiger charge is -2.38. The Morgan fingerprint density at radius 1 is 1.35 bits per heavy atom. The maximum atomic E-state index is 11.1. The van der Waals surface area contributed by atoms with Gasteiger partial charge in [-0.05, 0) is 61.3 Å². The van der Waals surface area contributed by atoms with E-state index in [0.717, 1.165) is 38.5 Å². The largest absolute Gasteiger partial charge is 0.417 e. The van der Waals surface area contributed by atoms with Gasteiger partial charge in [0.05, 0.1) is 4.92 Å². The van der Waals surface area contributed by atoms with Gasteiger partial charge < -0.3 is 9.74 Å². The van der Waals surface area contributed by atoms with Crippen molar-refractivity contribution >= 4 is 31.4 Å². The summed E-state index contributed by atoms with van der Waals surface area (Å²) < 4.78 is 6.34. The summed E-state index contributed by atoms with van der Waals surface area (Å²) in [5.41, 5.74) is -0.141. The lowest BCUT2D eigenvalue weighted by atomic mass is 9.86. The number of nitrogens with zero attached hydrogens (tertiary/aromatic N) is 3. The monoisotopic (exact) mass is 400 g/mol. The predicted octanol–water partition coefficient (Wildman–Crippen LogP) is 5.03. The number of anilines is 1. The minimum Gasteiger partial charge on any atom is -0.417 e. The molecular weight excluding hydrogens is 372 g/mol. The average molecular weight is 401 g/mol. The average Bonchev–Trinajstić information content (AvgIpc) is 2.53. The maximum absolute atomic E-state index is 11.1. The molecule has 7 nitrogen and oxygen atoms in total. The van der Waals surface area contributed by atoms with Crippen LogP contribution in [0.5, 0.6) is 0 Å². The number of hydrogen-bond acceptors (Lipinski definition) is 6. The van der Waals surface area contributed by atoms with Crippen LogP contribution in [0, 0.1) is 16.0 Å². The third-order valence-corrected chi connectivity index (χ3v) is 10.3. The first-order valence-electron chi connectivity index (χ1n) is 9.07. The summed E-state index contributed by atoms with van der Waals surface area (Å²) in [4.78, 5) is 18.3. The second kappa shape index (κ2) is 8.18. The highest BCUT2D eigenvalue weighted by Crippen LogP contribution is 2.38. The van der Waals surface area contributed by atoms with E-state index in [2.05, 4.69) is 49.1 Å². The van der Waals surface area contributed by atoms with Crippen LogP contribution in [0.3, 0.4) is 0 Å². The summed E-state index contributed by atoms with van der Waals surface area (Å²) >= 11 is 5.79. The molecule has 0 bridgehead atoms. The van der Waals surface area contributed by atoms with Crippen molar-refractivity contribution in [3.63, 3.8) is 0 Å². The SMILES string of the molecule is CC(C)(C)[Si](C)(C)OCC1CCC(Nc2nc(Cl)ncc2[N+](=O)[O-])CC1. The minimum atomic E-state index is -1.72. The number of halogens is 1. The first-order chi connectivity index (χ1) is 12.0. The molecule has 0 radical (unpaired) electrons. The molecule has 0 spiro atoms. The molecule has 1 aliphatic carbocycles. The van der Waals surface area contributed by atoms with Gasteiger partial charge in [-0.2, -0.15) is 4.98 Å². The molecule has 0 aromatic carbocycles. The first-order valence-corrected chi connectivity index (χ1v) is 12.4. The van der Waals surface area contributed by atoms with E-state index in [0.29, 0.717) is 5.92 Å². The van der Waals surface area contributed by atoms with E-state index in [-0.39, 0.29) is 27.9 Å². The molecule has 1 saturated carbocycles. The molecule has 1 aliphatic rings. The van der Waals surface area contributed by atoms with Crippen LogP contribution in [-0.4, -0.2) is 35.9 Å². The van der Waals surface area contributed by atoms with Gasteiger partial charge in [-0.1, -0.05) is 20.8 Å². The lowest BCUT2D eigenvalue weighted by Crippen LogP contribution is -2.42. The van der Waals surface area contributed by atoms with Crippen molar-refractivity contribution in [1.29, 1.82) is 0 Å². The summed E-state index contributed by atoms with van der Waals surface area (Å²) in [5, 5.41) is 14.5. The molecular formula is C17H29ClN4O3Si. The Labute approximate surface area is 161 Å². The van der Waals surface area contributed by atoms with Crippen molar-refractivity contribution in [2.24, 2.45) is 5.92 Å². The summed E-state index contributed by atoms with van der Waals surface area (Å²) in [6, 6.07) is 0.156. The lowest BCUT2D eigenvalue weighted by molar-refractivity contribution is -0.384. The third kappa shape index (κ3) is 5.37. The molecule has 0 atom stereocenters. The van der Waals surface area contributed by atoms with Crippen molar-refractivity contribution < 1.29 is 9.35 Å². The zero-order valence-corrected chi connectivity index (χ0v) is 18.0. The molecule has 1 aromatic rings. The highest BCUT2D eigenvalue weighted by Gasteiger charge is 2.38. The van der Waals surface area contributed by atoms with Crippen LogP contribution < -0.4 is 5.32 Å². The van der Waals surface area contributed by atoms with Gasteiger partial charge >= 0.3 is 5.69 Å². The standard InChI is InChI=1S/C17H29ClN4O3Si/c1-17(2,3)26(4,5)25-11-12-6-8-13(9-7-12)20-15-14(22(23)24)10-19-16(18)21-15/h10,12-13H,6-9,11H2,1-5H3,(H,19,20,21). The maximum Gasteiger partial charge on any atom is 0.329 e. The van der Waals surface area contributed by atoms with Gasteiger partial charge in [0.25, 0.3) is 0 Å². The second-order valence-corrected chi connectivity index (χ2v) is 13.7. The number of nitrogens with one attached hydrogen (secondary N) is 1. The van der Waals surface area contributed by atoms with E-state index < -0.39 is 13.2 Å². The zero-order valence-electron chi connectivity index (χ0n) is 16.2. The molecule has 9 heteroatoms. The molecule has 26 heavy (non-hydrogen) atoms. The number of aromatic nitrogens is 2. The molecule has 1 N–H and O–H groups in total. The van der Waals surface area contributed by atoms with Gasteiger partial charge in [0.2, 0.25) is 11.1 Å². The molecule has 1 fully saturated rings. The summed E-state index contributed by atoms with van der Waals surface area (Å²) in [7, 11) is -1.72. The Bertz CT molecular complexity index is 643. The zero-order chi connectivity index (χ0) is 19.5. The smallest absolute Gasteiger partial charge is 0.329 e. The molecule has 0 unspecified atom stereocenters. The van der Waals surface area contributed by atoms with Crippen molar-refractivity contribution in [3.05, 3.63) is 21.6 Å². The van der Waals surface area contributed by atoms with Crippen LogP contribution in [-0.2, 0) is 4.43 Å². The third-order valence-electron chi connectivity index (χ3n) is 5.61. The molecule has 2 rings (SSSR count).